The molecule has 0 aromatic rings. The van der Waals surface area contributed by atoms with Crippen LogP contribution < -0.4 is 0 Å². The highest BCUT2D eigenvalue weighted by atomic mass is 32.2. The lowest BCUT2D eigenvalue weighted by Crippen LogP contribution is -2.47. The van der Waals surface area contributed by atoms with Crippen molar-refractivity contribution in [2.75, 3.05) is 116 Å². The summed E-state index contributed by atoms with van der Waals surface area (Å²) in [4.78, 5) is 28.5. The first kappa shape index (κ1) is 42.2. The van der Waals surface area contributed by atoms with Gasteiger partial charge in [0.25, 0.3) is 0 Å². The van der Waals surface area contributed by atoms with Crippen LogP contribution >= 0.6 is 23.5 Å². The number of hydrogen-bond acceptors (Lipinski definition) is 15. The summed E-state index contributed by atoms with van der Waals surface area (Å²) in [6, 6.07) is 0. The van der Waals surface area contributed by atoms with Crippen molar-refractivity contribution in [3.63, 3.8) is 0 Å². The average Bonchev–Trinajstić information content (AvgIpc) is 2.95. The minimum Gasteiger partial charge on any atom is -0.481 e. The quantitative estimate of drug-likeness (QED) is 0.0729. The second-order valence-corrected chi connectivity index (χ2v) is 12.9. The fraction of sp³-hybridized carbons (Fsp3) is 0.923. The summed E-state index contributed by atoms with van der Waals surface area (Å²) in [5, 5.41) is 79.4. The summed E-state index contributed by atoms with van der Waals surface area (Å²) < 4.78 is 0. The molecule has 0 aromatic heterocycles. The van der Waals surface area contributed by atoms with Gasteiger partial charge in [0, 0.05) is 88.5 Å². The van der Waals surface area contributed by atoms with E-state index in [2.05, 4.69) is 33.7 Å². The zero-order valence-corrected chi connectivity index (χ0v) is 27.0. The Morgan fingerprint density at radius 1 is 0.605 bits per heavy atom. The van der Waals surface area contributed by atoms with E-state index in [-0.39, 0.29) is 25.4 Å². The van der Waals surface area contributed by atoms with Crippen LogP contribution in [0.4, 0.5) is 0 Å². The van der Waals surface area contributed by atoms with Crippen molar-refractivity contribution >= 4 is 35.5 Å². The maximum Gasteiger partial charge on any atom is 0.333 e. The summed E-state index contributed by atoms with van der Waals surface area (Å²) in [6.07, 6.45) is -4.59. The van der Waals surface area contributed by atoms with Gasteiger partial charge in [-0.1, -0.05) is 0 Å². The number of carbonyl (C=O) groups is 2. The number of carboxylic acids is 2. The molecule has 2 fully saturated rings. The maximum absolute atomic E-state index is 9.83. The van der Waals surface area contributed by atoms with E-state index in [0.29, 0.717) is 36.1 Å². The van der Waals surface area contributed by atoms with E-state index < -0.39 is 36.7 Å². The lowest BCUT2D eigenvalue weighted by Gasteiger charge is -2.33. The van der Waals surface area contributed by atoms with Crippen molar-refractivity contribution in [1.82, 2.24) is 19.6 Å². The number of likely N-dealkylation sites (N-methyl/N-ethyl adjacent to an activating group) is 2. The molecule has 2 saturated heterocycles. The van der Waals surface area contributed by atoms with Gasteiger partial charge < -0.3 is 55.8 Å². The zero-order chi connectivity index (χ0) is 32.8. The molecule has 0 bridgehead atoms. The number of piperazine rings is 2. The second-order valence-electron chi connectivity index (χ2n) is 10.7. The average molecular weight is 663 g/mol. The normalized spacial score (nSPS) is 20.5. The molecular weight excluding hydrogens is 608 g/mol. The van der Waals surface area contributed by atoms with E-state index >= 15 is 0 Å². The highest BCUT2D eigenvalue weighted by Gasteiger charge is 2.19. The van der Waals surface area contributed by atoms with Gasteiger partial charge in [-0.25, -0.2) is 4.79 Å². The SMILES string of the molecule is CN1CCN(CC(O)CSCC(O)CO)CC1.CN1CCN(CC(O)CSCC(O)CO)CC1.O=C(O)CC(O)C(=O)O. The van der Waals surface area contributed by atoms with Crippen LogP contribution in [0.25, 0.3) is 0 Å². The van der Waals surface area contributed by atoms with E-state index in [0.717, 1.165) is 52.4 Å². The van der Waals surface area contributed by atoms with Crippen LogP contribution in [0.3, 0.4) is 0 Å². The highest BCUT2D eigenvalue weighted by Crippen LogP contribution is 2.09. The molecule has 2 aliphatic rings. The molecule has 15 nitrogen and oxygen atoms in total. The fourth-order valence-corrected chi connectivity index (χ4v) is 5.58. The Labute approximate surface area is 263 Å². The largest absolute Gasteiger partial charge is 0.481 e. The number of nitrogens with zero attached hydrogens (tertiary/aromatic N) is 4. The standard InChI is InChI=1S/2C11H24N2O3S.C4H6O5/c2*1-12-2-4-13(5-3-12)6-10(15)8-17-9-11(16)7-14;5-2(4(8)9)1-3(6)7/h2*10-11,14-16H,2-9H2,1H3;2,5H,1H2,(H,6,7)(H,8,9). The third-order valence-electron chi connectivity index (χ3n) is 6.45. The number of aliphatic hydroxyl groups excluding tert-OH is 7. The van der Waals surface area contributed by atoms with Gasteiger partial charge in [0.1, 0.15) is 0 Å². The summed E-state index contributed by atoms with van der Waals surface area (Å²) in [7, 11) is 4.22. The van der Waals surface area contributed by atoms with Gasteiger partial charge in [-0.3, -0.25) is 14.6 Å². The fourth-order valence-electron chi connectivity index (χ4n) is 3.80. The molecular formula is C26H54N4O11S2. The summed E-state index contributed by atoms with van der Waals surface area (Å²) in [6.45, 7) is 9.28. The third-order valence-corrected chi connectivity index (χ3v) is 8.93. The van der Waals surface area contributed by atoms with E-state index in [1.54, 1.807) is 0 Å². The Hall–Kier alpha value is -0.800. The molecule has 0 saturated carbocycles. The van der Waals surface area contributed by atoms with Crippen molar-refractivity contribution in [2.45, 2.75) is 36.9 Å². The van der Waals surface area contributed by atoms with E-state index in [1.165, 1.54) is 23.5 Å². The number of carboxylic acid groups (broad SMARTS) is 2. The Bertz CT molecular complexity index is 677. The van der Waals surface area contributed by atoms with Gasteiger partial charge in [0.05, 0.1) is 44.1 Å². The Balaban J connectivity index is 0.000000648. The first-order valence-corrected chi connectivity index (χ1v) is 16.6. The molecule has 256 valence electrons. The smallest absolute Gasteiger partial charge is 0.333 e. The molecule has 2 heterocycles. The number of β-amino-alcohol motifs (C(OH)–C–C–N with tert-alkyl or cyclic N) is 2. The van der Waals surface area contributed by atoms with Gasteiger partial charge in [-0.15, -0.1) is 0 Å². The minimum atomic E-state index is -1.79. The van der Waals surface area contributed by atoms with Gasteiger partial charge in [-0.2, -0.15) is 23.5 Å². The maximum atomic E-state index is 9.83. The van der Waals surface area contributed by atoms with Crippen molar-refractivity contribution in [1.29, 1.82) is 0 Å². The predicted molar refractivity (Wildman–Crippen MR) is 167 cm³/mol. The Morgan fingerprint density at radius 2 is 0.930 bits per heavy atom. The number of aliphatic hydroxyl groups is 7. The minimum absolute atomic E-state index is 0.207. The molecule has 5 atom stereocenters. The summed E-state index contributed by atoms with van der Waals surface area (Å²) >= 11 is 2.97. The zero-order valence-electron chi connectivity index (χ0n) is 25.4. The Kier molecular flexibility index (Phi) is 24.9. The lowest BCUT2D eigenvalue weighted by molar-refractivity contribution is -0.152. The molecule has 0 aromatic carbocycles. The summed E-state index contributed by atoms with van der Waals surface area (Å²) in [5.41, 5.74) is 0. The topological polar surface area (TPSA) is 229 Å². The van der Waals surface area contributed by atoms with Crippen LogP contribution in [-0.4, -0.2) is 224 Å². The van der Waals surface area contributed by atoms with Gasteiger partial charge in [0.15, 0.2) is 6.10 Å². The van der Waals surface area contributed by atoms with E-state index in [9.17, 15) is 19.8 Å². The first-order valence-electron chi connectivity index (χ1n) is 14.3. The van der Waals surface area contributed by atoms with Crippen LogP contribution in [0.1, 0.15) is 6.42 Å². The van der Waals surface area contributed by atoms with Gasteiger partial charge in [0.2, 0.25) is 0 Å². The Morgan fingerprint density at radius 3 is 1.19 bits per heavy atom. The van der Waals surface area contributed by atoms with E-state index in [4.69, 9.17) is 35.7 Å². The van der Waals surface area contributed by atoms with Crippen LogP contribution in [-0.2, 0) is 9.59 Å². The monoisotopic (exact) mass is 662 g/mol. The predicted octanol–water partition coefficient (Wildman–Crippen LogP) is -3.73. The van der Waals surface area contributed by atoms with Crippen LogP contribution in [0.15, 0.2) is 0 Å². The van der Waals surface area contributed by atoms with Crippen LogP contribution in [0.5, 0.6) is 0 Å². The molecule has 17 heteroatoms. The van der Waals surface area contributed by atoms with Crippen LogP contribution in [0.2, 0.25) is 0 Å². The van der Waals surface area contributed by atoms with Crippen molar-refractivity contribution in [3.05, 3.63) is 0 Å². The van der Waals surface area contributed by atoms with Crippen molar-refractivity contribution in [2.24, 2.45) is 0 Å². The third kappa shape index (κ3) is 24.2. The molecule has 0 spiro atoms. The molecule has 0 aliphatic carbocycles. The number of rotatable bonds is 17. The van der Waals surface area contributed by atoms with Crippen molar-refractivity contribution < 1.29 is 55.5 Å². The molecule has 9 N–H and O–H groups in total. The second kappa shape index (κ2) is 25.4. The molecule has 2 rings (SSSR count). The van der Waals surface area contributed by atoms with E-state index in [1.807, 2.05) is 0 Å². The molecule has 0 amide bonds. The summed E-state index contributed by atoms with van der Waals surface area (Å²) in [5.74, 6) is -0.651. The lowest BCUT2D eigenvalue weighted by atomic mass is 10.3. The van der Waals surface area contributed by atoms with Gasteiger partial charge >= 0.3 is 11.9 Å². The van der Waals surface area contributed by atoms with Crippen molar-refractivity contribution in [3.8, 4) is 0 Å². The van der Waals surface area contributed by atoms with Gasteiger partial charge in [-0.05, 0) is 14.1 Å². The number of hydrogen-bond donors (Lipinski definition) is 9. The van der Waals surface area contributed by atoms with Crippen LogP contribution in [0, 0.1) is 0 Å². The number of thioether (sulfide) groups is 2. The molecule has 2 aliphatic heterocycles. The first-order chi connectivity index (χ1) is 20.3. The molecule has 5 unspecified atom stereocenters. The molecule has 0 radical (unpaired) electrons. The number of aliphatic carboxylic acids is 2. The molecule has 43 heavy (non-hydrogen) atoms. The highest BCUT2D eigenvalue weighted by molar-refractivity contribution is 7.99.